The summed E-state index contributed by atoms with van der Waals surface area (Å²) in [5.74, 6) is 1.85. The van der Waals surface area contributed by atoms with Gasteiger partial charge in [-0.3, -0.25) is 9.78 Å². The van der Waals surface area contributed by atoms with Crippen molar-refractivity contribution in [1.29, 1.82) is 0 Å². The number of pyridine rings is 1. The highest BCUT2D eigenvalue weighted by atomic mass is 16.3. The second-order valence-electron chi connectivity index (χ2n) is 10.6. The van der Waals surface area contributed by atoms with Crippen LogP contribution in [0.2, 0.25) is 0 Å². The first-order chi connectivity index (χ1) is 16.1. The summed E-state index contributed by atoms with van der Waals surface area (Å²) in [5, 5.41) is 12.1. The molecule has 1 atom stereocenters. The number of aromatic nitrogens is 1. The Bertz CT molecular complexity index is 951. The molecular formula is C30H41NO2. The molecule has 3 nitrogen and oxygen atoms in total. The van der Waals surface area contributed by atoms with Crippen molar-refractivity contribution in [2.75, 3.05) is 6.61 Å². The van der Waals surface area contributed by atoms with E-state index < -0.39 is 0 Å². The molecule has 2 aliphatic rings. The number of hydrogen-bond donors (Lipinski definition) is 1. The Balaban J connectivity index is 1.41. The maximum atomic E-state index is 13.0. The summed E-state index contributed by atoms with van der Waals surface area (Å²) in [7, 11) is 0. The van der Waals surface area contributed by atoms with Gasteiger partial charge in [-0.05, 0) is 73.5 Å². The van der Waals surface area contributed by atoms with Crippen molar-refractivity contribution in [3.05, 3.63) is 47.3 Å². The number of fused-ring (bicyclic) bond motifs is 1. The third kappa shape index (κ3) is 6.53. The van der Waals surface area contributed by atoms with E-state index in [1.54, 1.807) is 0 Å². The lowest BCUT2D eigenvalue weighted by atomic mass is 9.81. The Morgan fingerprint density at radius 2 is 1.82 bits per heavy atom. The largest absolute Gasteiger partial charge is 0.396 e. The van der Waals surface area contributed by atoms with Crippen molar-refractivity contribution < 1.29 is 9.90 Å². The van der Waals surface area contributed by atoms with Crippen LogP contribution < -0.4 is 0 Å². The van der Waals surface area contributed by atoms with Gasteiger partial charge in [-0.25, -0.2) is 0 Å². The molecule has 1 aromatic heterocycles. The smallest absolute Gasteiger partial charge is 0.162 e. The fraction of sp³-hybridized carbons (Fsp3) is 0.600. The first-order valence-corrected chi connectivity index (χ1v) is 13.4. The zero-order chi connectivity index (χ0) is 23.0. The molecule has 2 saturated carbocycles. The number of carbonyl (C=O) groups excluding carboxylic acids is 1. The Hall–Kier alpha value is -2.00. The standard InChI is InChI=1S/C30H41NO2/c1-22-28-19-26(30(33)17-13-25(21-32)18-24-10-6-3-7-11-24)14-15-27(28)20-31-29(22)16-12-23-8-4-2-5-9-23/h12,14-16,19-20,23-25,32H,2-11,13,17-18,21H2,1H3/b16-12+. The van der Waals surface area contributed by atoms with Gasteiger partial charge in [-0.1, -0.05) is 69.6 Å². The number of Topliss-reactive ketones (excluding diaryl/α,β-unsaturated/α-hetero) is 1. The summed E-state index contributed by atoms with van der Waals surface area (Å²) < 4.78 is 0. The third-order valence-corrected chi connectivity index (χ3v) is 8.11. The molecule has 1 aromatic carbocycles. The minimum Gasteiger partial charge on any atom is -0.396 e. The van der Waals surface area contributed by atoms with Crippen LogP contribution in [0.5, 0.6) is 0 Å². The van der Waals surface area contributed by atoms with E-state index in [9.17, 15) is 9.90 Å². The van der Waals surface area contributed by atoms with Gasteiger partial charge in [0.1, 0.15) is 0 Å². The number of hydrogen-bond acceptors (Lipinski definition) is 3. The van der Waals surface area contributed by atoms with E-state index >= 15 is 0 Å². The molecule has 0 saturated heterocycles. The van der Waals surface area contributed by atoms with Crippen LogP contribution in [-0.2, 0) is 0 Å². The molecule has 0 bridgehead atoms. The molecule has 178 valence electrons. The average molecular weight is 448 g/mol. The van der Waals surface area contributed by atoms with Crippen LogP contribution in [-0.4, -0.2) is 22.5 Å². The minimum absolute atomic E-state index is 0.189. The van der Waals surface area contributed by atoms with Crippen LogP contribution in [0, 0.1) is 24.7 Å². The van der Waals surface area contributed by atoms with Crippen molar-refractivity contribution in [3.63, 3.8) is 0 Å². The highest BCUT2D eigenvalue weighted by Gasteiger charge is 2.20. The molecule has 3 heteroatoms. The Morgan fingerprint density at radius 1 is 1.09 bits per heavy atom. The van der Waals surface area contributed by atoms with Crippen LogP contribution >= 0.6 is 0 Å². The molecule has 0 radical (unpaired) electrons. The van der Waals surface area contributed by atoms with Gasteiger partial charge in [0.2, 0.25) is 0 Å². The van der Waals surface area contributed by atoms with E-state index in [1.807, 2.05) is 18.3 Å². The van der Waals surface area contributed by atoms with Crippen molar-refractivity contribution in [3.8, 4) is 0 Å². The summed E-state index contributed by atoms with van der Waals surface area (Å²) in [6.07, 6.45) is 22.0. The Labute approximate surface area is 199 Å². The molecule has 0 spiro atoms. The normalized spacial score (nSPS) is 19.3. The Kier molecular flexibility index (Phi) is 8.72. The van der Waals surface area contributed by atoms with Gasteiger partial charge in [0.05, 0.1) is 5.69 Å². The van der Waals surface area contributed by atoms with Crippen molar-refractivity contribution in [2.45, 2.75) is 90.4 Å². The van der Waals surface area contributed by atoms with Crippen LogP contribution in [0.1, 0.15) is 105 Å². The van der Waals surface area contributed by atoms with E-state index in [4.69, 9.17) is 4.98 Å². The number of rotatable bonds is 9. The van der Waals surface area contributed by atoms with Crippen molar-refractivity contribution in [2.24, 2.45) is 17.8 Å². The monoisotopic (exact) mass is 447 g/mol. The molecule has 0 aliphatic heterocycles. The van der Waals surface area contributed by atoms with E-state index in [1.165, 1.54) is 64.2 Å². The lowest BCUT2D eigenvalue weighted by Crippen LogP contribution is -2.16. The van der Waals surface area contributed by atoms with Gasteiger partial charge >= 0.3 is 0 Å². The van der Waals surface area contributed by atoms with Gasteiger partial charge in [0.25, 0.3) is 0 Å². The molecule has 1 unspecified atom stereocenters. The highest BCUT2D eigenvalue weighted by molar-refractivity contribution is 6.00. The minimum atomic E-state index is 0.189. The number of aliphatic hydroxyl groups excluding tert-OH is 1. The molecule has 4 rings (SSSR count). The maximum absolute atomic E-state index is 13.0. The predicted octanol–water partition coefficient (Wildman–Crippen LogP) is 7.68. The highest BCUT2D eigenvalue weighted by Crippen LogP contribution is 2.31. The van der Waals surface area contributed by atoms with Gasteiger partial charge in [-0.2, -0.15) is 0 Å². The molecule has 33 heavy (non-hydrogen) atoms. The second kappa shape index (κ2) is 11.9. The average Bonchev–Trinajstić information content (AvgIpc) is 2.87. The molecule has 1 heterocycles. The van der Waals surface area contributed by atoms with E-state index in [0.29, 0.717) is 12.3 Å². The number of allylic oxidation sites excluding steroid dienone is 1. The summed E-state index contributed by atoms with van der Waals surface area (Å²) in [4.78, 5) is 17.7. The molecule has 0 amide bonds. The summed E-state index contributed by atoms with van der Waals surface area (Å²) in [6.45, 7) is 2.32. The molecule has 2 fully saturated rings. The fourth-order valence-corrected chi connectivity index (χ4v) is 5.92. The van der Waals surface area contributed by atoms with Gasteiger partial charge in [0, 0.05) is 30.2 Å². The number of benzene rings is 1. The number of nitrogens with zero attached hydrogens (tertiary/aromatic N) is 1. The lowest BCUT2D eigenvalue weighted by Gasteiger charge is -2.25. The molecule has 1 N–H and O–H groups in total. The van der Waals surface area contributed by atoms with Crippen LogP contribution in [0.25, 0.3) is 16.8 Å². The van der Waals surface area contributed by atoms with Crippen molar-refractivity contribution >= 4 is 22.6 Å². The van der Waals surface area contributed by atoms with Gasteiger partial charge in [-0.15, -0.1) is 0 Å². The van der Waals surface area contributed by atoms with Crippen LogP contribution in [0.3, 0.4) is 0 Å². The zero-order valence-corrected chi connectivity index (χ0v) is 20.4. The second-order valence-corrected chi connectivity index (χ2v) is 10.6. The first-order valence-electron chi connectivity index (χ1n) is 13.4. The predicted molar refractivity (Wildman–Crippen MR) is 137 cm³/mol. The summed E-state index contributed by atoms with van der Waals surface area (Å²) in [6, 6.07) is 6.03. The fourth-order valence-electron chi connectivity index (χ4n) is 5.92. The van der Waals surface area contributed by atoms with E-state index in [-0.39, 0.29) is 18.3 Å². The summed E-state index contributed by atoms with van der Waals surface area (Å²) >= 11 is 0. The van der Waals surface area contributed by atoms with Crippen LogP contribution in [0.4, 0.5) is 0 Å². The van der Waals surface area contributed by atoms with Crippen LogP contribution in [0.15, 0.2) is 30.5 Å². The summed E-state index contributed by atoms with van der Waals surface area (Å²) in [5.41, 5.74) is 2.96. The van der Waals surface area contributed by atoms with Crippen molar-refractivity contribution in [1.82, 2.24) is 4.98 Å². The van der Waals surface area contributed by atoms with Gasteiger partial charge < -0.3 is 5.11 Å². The van der Waals surface area contributed by atoms with E-state index in [0.717, 1.165) is 46.4 Å². The molecule has 2 aromatic rings. The number of carbonyl (C=O) groups is 1. The SMILES string of the molecule is Cc1c(/C=C/C2CCCCC2)ncc2ccc(C(=O)CCC(CO)CC3CCCCC3)cc12. The zero-order valence-electron chi connectivity index (χ0n) is 20.4. The number of aliphatic hydroxyl groups is 1. The number of aryl methyl sites for hydroxylation is 1. The Morgan fingerprint density at radius 3 is 2.55 bits per heavy atom. The first kappa shape index (κ1) is 24.1. The van der Waals surface area contributed by atoms with E-state index in [2.05, 4.69) is 25.1 Å². The topological polar surface area (TPSA) is 50.2 Å². The molecular weight excluding hydrogens is 406 g/mol. The van der Waals surface area contributed by atoms with Gasteiger partial charge in [0.15, 0.2) is 5.78 Å². The lowest BCUT2D eigenvalue weighted by molar-refractivity contribution is 0.0959. The number of ketones is 1. The molecule has 2 aliphatic carbocycles. The maximum Gasteiger partial charge on any atom is 0.162 e. The quantitative estimate of drug-likeness (QED) is 0.401. The third-order valence-electron chi connectivity index (χ3n) is 8.11.